The summed E-state index contributed by atoms with van der Waals surface area (Å²) in [6, 6.07) is 0. The highest BCUT2D eigenvalue weighted by molar-refractivity contribution is 5.49. The first-order valence-corrected chi connectivity index (χ1v) is 8.69. The molecule has 0 bridgehead atoms. The molecule has 1 saturated heterocycles. The first kappa shape index (κ1) is 16.6. The zero-order valence-corrected chi connectivity index (χ0v) is 14.3. The fourth-order valence-electron chi connectivity index (χ4n) is 3.55. The van der Waals surface area contributed by atoms with Gasteiger partial charge in [0.15, 0.2) is 0 Å². The van der Waals surface area contributed by atoms with E-state index in [0.717, 1.165) is 50.8 Å². The van der Waals surface area contributed by atoms with Crippen molar-refractivity contribution in [2.75, 3.05) is 51.3 Å². The summed E-state index contributed by atoms with van der Waals surface area (Å²) in [5.74, 6) is 1.84. The summed E-state index contributed by atoms with van der Waals surface area (Å²) in [5.41, 5.74) is 2.48. The minimum Gasteiger partial charge on any atom is -0.390 e. The molecule has 2 heterocycles. The zero-order chi connectivity index (χ0) is 16.2. The van der Waals surface area contributed by atoms with Crippen molar-refractivity contribution in [1.82, 2.24) is 14.9 Å². The molecule has 6 heteroatoms. The van der Waals surface area contributed by atoms with Crippen molar-refractivity contribution in [2.24, 2.45) is 0 Å². The van der Waals surface area contributed by atoms with Crippen LogP contribution in [0.15, 0.2) is 0 Å². The normalized spacial score (nSPS) is 20.1. The van der Waals surface area contributed by atoms with Gasteiger partial charge in [-0.25, -0.2) is 9.97 Å². The van der Waals surface area contributed by atoms with Gasteiger partial charge in [-0.15, -0.1) is 0 Å². The number of hydrogen-bond donors (Lipinski definition) is 1. The zero-order valence-electron chi connectivity index (χ0n) is 14.3. The highest BCUT2D eigenvalue weighted by atomic mass is 16.5. The number of morpholine rings is 1. The van der Waals surface area contributed by atoms with Crippen LogP contribution in [0.25, 0.3) is 0 Å². The third-order valence-electron chi connectivity index (χ3n) is 4.69. The topological polar surface area (TPSA) is 61.7 Å². The van der Waals surface area contributed by atoms with E-state index in [1.165, 1.54) is 24.1 Å². The molecule has 1 aliphatic heterocycles. The molecule has 1 N–H and O–H groups in total. The lowest BCUT2D eigenvalue weighted by Gasteiger charge is -2.31. The first-order valence-electron chi connectivity index (χ1n) is 8.69. The van der Waals surface area contributed by atoms with Gasteiger partial charge in [0, 0.05) is 44.5 Å². The predicted octanol–water partition coefficient (Wildman–Crippen LogP) is 0.793. The van der Waals surface area contributed by atoms with Crippen molar-refractivity contribution < 1.29 is 9.84 Å². The van der Waals surface area contributed by atoms with E-state index in [0.29, 0.717) is 13.1 Å². The van der Waals surface area contributed by atoms with Gasteiger partial charge in [-0.2, -0.15) is 0 Å². The lowest BCUT2D eigenvalue weighted by Crippen LogP contribution is -2.44. The molecule has 0 spiro atoms. The number of likely N-dealkylation sites (N-methyl/N-ethyl adjacent to an activating group) is 1. The molecule has 2 aliphatic rings. The molecule has 128 valence electrons. The van der Waals surface area contributed by atoms with Gasteiger partial charge < -0.3 is 14.7 Å². The van der Waals surface area contributed by atoms with Crippen LogP contribution in [0, 0.1) is 6.92 Å². The molecule has 1 aromatic heterocycles. The van der Waals surface area contributed by atoms with Crippen LogP contribution >= 0.6 is 0 Å². The third kappa shape index (κ3) is 4.19. The quantitative estimate of drug-likeness (QED) is 0.866. The number of aryl methyl sites for hydroxylation is 2. The molecule has 3 rings (SSSR count). The van der Waals surface area contributed by atoms with Crippen molar-refractivity contribution in [3.8, 4) is 0 Å². The third-order valence-corrected chi connectivity index (χ3v) is 4.69. The predicted molar refractivity (Wildman–Crippen MR) is 89.9 cm³/mol. The summed E-state index contributed by atoms with van der Waals surface area (Å²) in [6.07, 6.45) is 4.14. The number of fused-ring (bicyclic) bond motifs is 1. The lowest BCUT2D eigenvalue weighted by molar-refractivity contribution is 0.0162. The maximum atomic E-state index is 10.4. The van der Waals surface area contributed by atoms with Gasteiger partial charge in [0.25, 0.3) is 0 Å². The number of rotatable bonds is 5. The Hall–Kier alpha value is -1.24. The summed E-state index contributed by atoms with van der Waals surface area (Å²) in [5, 5.41) is 10.4. The molecule has 23 heavy (non-hydrogen) atoms. The van der Waals surface area contributed by atoms with Gasteiger partial charge in [0.2, 0.25) is 0 Å². The van der Waals surface area contributed by atoms with Crippen LogP contribution in [0.3, 0.4) is 0 Å². The first-order chi connectivity index (χ1) is 11.1. The van der Waals surface area contributed by atoms with E-state index in [4.69, 9.17) is 4.74 Å². The Labute approximate surface area is 138 Å². The number of ether oxygens (including phenoxy) is 1. The number of aliphatic hydroxyl groups excluding tert-OH is 1. The molecule has 0 radical (unpaired) electrons. The number of β-amino-alcohol motifs (C(OH)–C–C–N with tert-alkyl or cyclic N) is 1. The second-order valence-corrected chi connectivity index (χ2v) is 6.67. The van der Waals surface area contributed by atoms with E-state index < -0.39 is 0 Å². The van der Waals surface area contributed by atoms with Crippen molar-refractivity contribution in [3.63, 3.8) is 0 Å². The molecular formula is C17H28N4O2. The van der Waals surface area contributed by atoms with Crippen LogP contribution in [0.5, 0.6) is 0 Å². The van der Waals surface area contributed by atoms with Gasteiger partial charge in [0.1, 0.15) is 11.6 Å². The summed E-state index contributed by atoms with van der Waals surface area (Å²) >= 11 is 0. The average molecular weight is 320 g/mol. The van der Waals surface area contributed by atoms with Crippen LogP contribution < -0.4 is 4.90 Å². The fraction of sp³-hybridized carbons (Fsp3) is 0.765. The van der Waals surface area contributed by atoms with Crippen LogP contribution in [0.2, 0.25) is 0 Å². The van der Waals surface area contributed by atoms with Gasteiger partial charge in [0.05, 0.1) is 19.3 Å². The molecule has 1 aromatic rings. The molecule has 0 saturated carbocycles. The highest BCUT2D eigenvalue weighted by Crippen LogP contribution is 2.27. The molecule has 0 amide bonds. The van der Waals surface area contributed by atoms with Crippen molar-refractivity contribution in [3.05, 3.63) is 17.1 Å². The van der Waals surface area contributed by atoms with E-state index in [9.17, 15) is 5.11 Å². The number of anilines is 1. The minimum atomic E-state index is -0.382. The Bertz CT molecular complexity index is 532. The van der Waals surface area contributed by atoms with Gasteiger partial charge in [-0.05, 0) is 32.6 Å². The average Bonchev–Trinajstić information content (AvgIpc) is 2.54. The molecule has 6 nitrogen and oxygen atoms in total. The Kier molecular flexibility index (Phi) is 5.46. The van der Waals surface area contributed by atoms with Crippen LogP contribution in [0.4, 0.5) is 5.82 Å². The molecular weight excluding hydrogens is 292 g/mol. The van der Waals surface area contributed by atoms with Crippen molar-refractivity contribution in [1.29, 1.82) is 0 Å². The molecule has 1 atom stereocenters. The van der Waals surface area contributed by atoms with Crippen molar-refractivity contribution in [2.45, 2.75) is 38.7 Å². The van der Waals surface area contributed by atoms with Gasteiger partial charge >= 0.3 is 0 Å². The number of hydrogen-bond acceptors (Lipinski definition) is 6. The van der Waals surface area contributed by atoms with Gasteiger partial charge in [-0.3, -0.25) is 4.90 Å². The Balaban J connectivity index is 1.65. The summed E-state index contributed by atoms with van der Waals surface area (Å²) < 4.78 is 5.36. The number of aliphatic hydroxyl groups is 1. The second kappa shape index (κ2) is 7.55. The monoisotopic (exact) mass is 320 g/mol. The maximum absolute atomic E-state index is 10.4. The van der Waals surface area contributed by atoms with Crippen LogP contribution in [0.1, 0.15) is 29.9 Å². The van der Waals surface area contributed by atoms with Crippen LogP contribution in [-0.2, 0) is 17.6 Å². The second-order valence-electron chi connectivity index (χ2n) is 6.67. The van der Waals surface area contributed by atoms with E-state index in [1.807, 2.05) is 14.0 Å². The molecule has 1 fully saturated rings. The van der Waals surface area contributed by atoms with E-state index >= 15 is 0 Å². The molecule has 0 aromatic carbocycles. The SMILES string of the molecule is Cc1nc2c(c(N(C)CC(O)CN3CCOCC3)n1)CCCC2. The number of aromatic nitrogens is 2. The molecule has 1 unspecified atom stereocenters. The standard InChI is InChI=1S/C17H28N4O2/c1-13-18-16-6-4-3-5-15(16)17(19-13)20(2)11-14(22)12-21-7-9-23-10-8-21/h14,22H,3-12H2,1-2H3. The van der Waals surface area contributed by atoms with Gasteiger partial charge in [-0.1, -0.05) is 0 Å². The van der Waals surface area contributed by atoms with E-state index in [-0.39, 0.29) is 6.10 Å². The van der Waals surface area contributed by atoms with E-state index in [1.54, 1.807) is 0 Å². The summed E-state index contributed by atoms with van der Waals surface area (Å²) in [4.78, 5) is 13.6. The largest absolute Gasteiger partial charge is 0.390 e. The lowest BCUT2D eigenvalue weighted by atomic mass is 9.96. The summed E-state index contributed by atoms with van der Waals surface area (Å²) in [6.45, 7) is 6.59. The highest BCUT2D eigenvalue weighted by Gasteiger charge is 2.22. The number of nitrogens with zero attached hydrogens (tertiary/aromatic N) is 4. The van der Waals surface area contributed by atoms with E-state index in [2.05, 4.69) is 19.8 Å². The maximum Gasteiger partial charge on any atom is 0.135 e. The van der Waals surface area contributed by atoms with Crippen molar-refractivity contribution >= 4 is 5.82 Å². The van der Waals surface area contributed by atoms with Crippen LogP contribution in [-0.4, -0.2) is 72.5 Å². The fourth-order valence-corrected chi connectivity index (χ4v) is 3.55. The molecule has 1 aliphatic carbocycles. The Morgan fingerprint density at radius 3 is 2.74 bits per heavy atom. The Morgan fingerprint density at radius 1 is 1.22 bits per heavy atom. The smallest absolute Gasteiger partial charge is 0.135 e. The minimum absolute atomic E-state index is 0.382. The Morgan fingerprint density at radius 2 is 1.96 bits per heavy atom. The summed E-state index contributed by atoms with van der Waals surface area (Å²) in [7, 11) is 2.03.